The SMILES string of the molecule is CCOc1ccc(C2c3c(oc4ccccc4c3=O)C(=O)N2c2nncs2)cc1. The monoisotopic (exact) mass is 405 g/mol. The Kier molecular flexibility index (Phi) is 4.13. The first-order valence-electron chi connectivity index (χ1n) is 9.07. The molecule has 29 heavy (non-hydrogen) atoms. The number of rotatable bonds is 4. The van der Waals surface area contributed by atoms with Crippen LogP contribution in [0.15, 0.2) is 63.3 Å². The summed E-state index contributed by atoms with van der Waals surface area (Å²) in [5, 5.41) is 8.76. The van der Waals surface area contributed by atoms with Crippen molar-refractivity contribution in [1.29, 1.82) is 0 Å². The molecule has 5 rings (SSSR count). The minimum atomic E-state index is -0.651. The summed E-state index contributed by atoms with van der Waals surface area (Å²) >= 11 is 1.23. The molecule has 0 radical (unpaired) electrons. The molecule has 0 fully saturated rings. The number of benzene rings is 2. The maximum atomic E-state index is 13.3. The maximum Gasteiger partial charge on any atom is 0.297 e. The van der Waals surface area contributed by atoms with Gasteiger partial charge < -0.3 is 9.15 Å². The second-order valence-corrected chi connectivity index (χ2v) is 7.28. The van der Waals surface area contributed by atoms with Crippen molar-refractivity contribution < 1.29 is 13.9 Å². The van der Waals surface area contributed by atoms with Crippen LogP contribution in [0.2, 0.25) is 0 Å². The molecule has 8 heteroatoms. The van der Waals surface area contributed by atoms with Gasteiger partial charge in [-0.2, -0.15) is 0 Å². The number of para-hydroxylation sites is 1. The van der Waals surface area contributed by atoms with E-state index in [2.05, 4.69) is 10.2 Å². The van der Waals surface area contributed by atoms with E-state index in [0.29, 0.717) is 34.0 Å². The first kappa shape index (κ1) is 17.6. The molecular formula is C21H15N3O4S. The van der Waals surface area contributed by atoms with Crippen LogP contribution in [-0.2, 0) is 0 Å². The Balaban J connectivity index is 1.75. The molecule has 0 N–H and O–H groups in total. The summed E-state index contributed by atoms with van der Waals surface area (Å²) < 4.78 is 11.4. The summed E-state index contributed by atoms with van der Waals surface area (Å²) in [6.45, 7) is 2.46. The number of amides is 1. The number of hydrogen-bond acceptors (Lipinski definition) is 7. The van der Waals surface area contributed by atoms with Crippen molar-refractivity contribution in [3.05, 3.63) is 81.2 Å². The van der Waals surface area contributed by atoms with Gasteiger partial charge in [0.25, 0.3) is 5.91 Å². The van der Waals surface area contributed by atoms with E-state index in [-0.39, 0.29) is 11.2 Å². The van der Waals surface area contributed by atoms with Crippen LogP contribution < -0.4 is 15.1 Å². The minimum Gasteiger partial charge on any atom is -0.494 e. The van der Waals surface area contributed by atoms with Gasteiger partial charge in [-0.3, -0.25) is 14.5 Å². The number of aromatic nitrogens is 2. The van der Waals surface area contributed by atoms with Crippen LogP contribution in [0, 0.1) is 0 Å². The second-order valence-electron chi connectivity index (χ2n) is 6.47. The summed E-state index contributed by atoms with van der Waals surface area (Å²) in [7, 11) is 0. The molecule has 1 aliphatic rings. The zero-order valence-corrected chi connectivity index (χ0v) is 16.2. The van der Waals surface area contributed by atoms with E-state index in [4.69, 9.17) is 9.15 Å². The van der Waals surface area contributed by atoms with Crippen molar-refractivity contribution in [2.75, 3.05) is 11.5 Å². The molecule has 2 aromatic carbocycles. The van der Waals surface area contributed by atoms with Crippen LogP contribution in [0.5, 0.6) is 5.75 Å². The third-order valence-electron chi connectivity index (χ3n) is 4.84. The molecule has 0 saturated heterocycles. The number of ether oxygens (including phenoxy) is 1. The molecular weight excluding hydrogens is 390 g/mol. The quantitative estimate of drug-likeness (QED) is 0.513. The maximum absolute atomic E-state index is 13.3. The van der Waals surface area contributed by atoms with Gasteiger partial charge in [-0.1, -0.05) is 35.6 Å². The van der Waals surface area contributed by atoms with Gasteiger partial charge in [0.05, 0.1) is 23.6 Å². The third-order valence-corrected chi connectivity index (χ3v) is 5.53. The highest BCUT2D eigenvalue weighted by Crippen LogP contribution is 2.41. The fraction of sp³-hybridized carbons (Fsp3) is 0.143. The number of hydrogen-bond donors (Lipinski definition) is 0. The summed E-state index contributed by atoms with van der Waals surface area (Å²) in [4.78, 5) is 28.1. The lowest BCUT2D eigenvalue weighted by atomic mass is 9.98. The van der Waals surface area contributed by atoms with Gasteiger partial charge in [-0.25, -0.2) is 0 Å². The first-order chi connectivity index (χ1) is 14.2. The highest BCUT2D eigenvalue weighted by Gasteiger charge is 2.44. The molecule has 0 bridgehead atoms. The number of nitrogens with zero attached hydrogens (tertiary/aromatic N) is 3. The van der Waals surface area contributed by atoms with Crippen molar-refractivity contribution in [1.82, 2.24) is 10.2 Å². The Hall–Kier alpha value is -3.52. The number of fused-ring (bicyclic) bond motifs is 2. The van der Waals surface area contributed by atoms with Crippen molar-refractivity contribution >= 4 is 33.3 Å². The lowest BCUT2D eigenvalue weighted by molar-refractivity contribution is 0.0970. The Bertz CT molecular complexity index is 1270. The summed E-state index contributed by atoms with van der Waals surface area (Å²) in [6, 6.07) is 13.6. The fourth-order valence-corrected chi connectivity index (χ4v) is 4.20. The van der Waals surface area contributed by atoms with Gasteiger partial charge in [0.2, 0.25) is 10.9 Å². The topological polar surface area (TPSA) is 85.5 Å². The van der Waals surface area contributed by atoms with Crippen molar-refractivity contribution in [2.24, 2.45) is 0 Å². The number of anilines is 1. The summed E-state index contributed by atoms with van der Waals surface area (Å²) in [6.07, 6.45) is 0. The van der Waals surface area contributed by atoms with Crippen LogP contribution in [0.25, 0.3) is 11.0 Å². The fourth-order valence-electron chi connectivity index (χ4n) is 3.62. The Morgan fingerprint density at radius 2 is 1.93 bits per heavy atom. The lowest BCUT2D eigenvalue weighted by Crippen LogP contribution is -2.29. The molecule has 3 heterocycles. The molecule has 144 valence electrons. The summed E-state index contributed by atoms with van der Waals surface area (Å²) in [5.74, 6) is 0.357. The van der Waals surface area contributed by atoms with Crippen LogP contribution in [0.3, 0.4) is 0 Å². The molecule has 7 nitrogen and oxygen atoms in total. The van der Waals surface area contributed by atoms with E-state index in [1.54, 1.807) is 29.8 Å². The summed E-state index contributed by atoms with van der Waals surface area (Å²) in [5.41, 5.74) is 2.79. The molecule has 1 amide bonds. The molecule has 0 spiro atoms. The zero-order chi connectivity index (χ0) is 20.0. The van der Waals surface area contributed by atoms with E-state index in [9.17, 15) is 9.59 Å². The normalized spacial score (nSPS) is 15.7. The van der Waals surface area contributed by atoms with Gasteiger partial charge in [-0.05, 0) is 36.8 Å². The van der Waals surface area contributed by atoms with Crippen LogP contribution in [0.1, 0.15) is 34.6 Å². The average Bonchev–Trinajstić information content (AvgIpc) is 3.36. The average molecular weight is 405 g/mol. The number of carbonyl (C=O) groups is 1. The van der Waals surface area contributed by atoms with Crippen molar-refractivity contribution in [3.63, 3.8) is 0 Å². The molecule has 4 aromatic rings. The van der Waals surface area contributed by atoms with E-state index >= 15 is 0 Å². The van der Waals surface area contributed by atoms with Gasteiger partial charge in [0, 0.05) is 0 Å². The highest BCUT2D eigenvalue weighted by atomic mass is 32.1. The molecule has 0 saturated carbocycles. The van der Waals surface area contributed by atoms with E-state index in [0.717, 1.165) is 5.56 Å². The van der Waals surface area contributed by atoms with Crippen molar-refractivity contribution in [3.8, 4) is 5.75 Å². The van der Waals surface area contributed by atoms with E-state index < -0.39 is 11.9 Å². The Morgan fingerprint density at radius 3 is 2.66 bits per heavy atom. The van der Waals surface area contributed by atoms with Gasteiger partial charge in [0.1, 0.15) is 16.8 Å². The number of carbonyl (C=O) groups excluding carboxylic acids is 1. The standard InChI is InChI=1S/C21H15N3O4S/c1-2-27-13-9-7-12(8-10-13)17-16-18(25)14-5-3-4-6-15(14)28-19(16)20(26)24(17)21-23-22-11-29-21/h3-11,17H,2H2,1H3. The predicted octanol–water partition coefficient (Wildman–Crippen LogP) is 3.79. The third kappa shape index (κ3) is 2.72. The van der Waals surface area contributed by atoms with E-state index in [1.165, 1.54) is 16.2 Å². The molecule has 0 aliphatic carbocycles. The first-order valence-corrected chi connectivity index (χ1v) is 9.95. The predicted molar refractivity (Wildman–Crippen MR) is 109 cm³/mol. The Labute approximate surface area is 169 Å². The van der Waals surface area contributed by atoms with Crippen LogP contribution in [0.4, 0.5) is 5.13 Å². The van der Waals surface area contributed by atoms with Gasteiger partial charge >= 0.3 is 0 Å². The molecule has 2 aromatic heterocycles. The highest BCUT2D eigenvalue weighted by molar-refractivity contribution is 7.13. The van der Waals surface area contributed by atoms with Crippen LogP contribution >= 0.6 is 11.3 Å². The van der Waals surface area contributed by atoms with Crippen molar-refractivity contribution in [2.45, 2.75) is 13.0 Å². The molecule has 1 aliphatic heterocycles. The lowest BCUT2D eigenvalue weighted by Gasteiger charge is -2.22. The van der Waals surface area contributed by atoms with Gasteiger partial charge in [-0.15, -0.1) is 10.2 Å². The molecule has 1 unspecified atom stereocenters. The zero-order valence-electron chi connectivity index (χ0n) is 15.4. The minimum absolute atomic E-state index is 0.0442. The smallest absolute Gasteiger partial charge is 0.297 e. The van der Waals surface area contributed by atoms with E-state index in [1.807, 2.05) is 31.2 Å². The van der Waals surface area contributed by atoms with Gasteiger partial charge in [0.15, 0.2) is 5.43 Å². The Morgan fingerprint density at radius 1 is 1.14 bits per heavy atom. The second kappa shape index (κ2) is 6.82. The molecule has 1 atom stereocenters. The largest absolute Gasteiger partial charge is 0.494 e. The van der Waals surface area contributed by atoms with Crippen LogP contribution in [-0.4, -0.2) is 22.7 Å².